The van der Waals surface area contributed by atoms with E-state index in [4.69, 9.17) is 4.74 Å². The van der Waals surface area contributed by atoms with E-state index in [0.717, 1.165) is 30.4 Å². The zero-order valence-electron chi connectivity index (χ0n) is 16.2. The molecule has 0 aliphatic heterocycles. The second-order valence-corrected chi connectivity index (χ2v) is 7.46. The molecule has 0 amide bonds. The van der Waals surface area contributed by atoms with Crippen LogP contribution >= 0.6 is 11.3 Å². The van der Waals surface area contributed by atoms with Gasteiger partial charge in [0.25, 0.3) is 0 Å². The van der Waals surface area contributed by atoms with E-state index >= 15 is 0 Å². The van der Waals surface area contributed by atoms with Crippen LogP contribution in [0.4, 0.5) is 0 Å². The van der Waals surface area contributed by atoms with Crippen LogP contribution in [-0.4, -0.2) is 51.7 Å². The van der Waals surface area contributed by atoms with Crippen molar-refractivity contribution in [1.29, 1.82) is 0 Å². The molecule has 0 saturated heterocycles. The molecule has 6 heteroatoms. The third kappa shape index (κ3) is 6.69. The summed E-state index contributed by atoms with van der Waals surface area (Å²) in [4.78, 5) is 7.82. The number of aliphatic imine (C=N–C) groups is 1. The average Bonchev–Trinajstić information content (AvgIpc) is 3.17. The lowest BCUT2D eigenvalue weighted by molar-refractivity contribution is 0.259. The Kier molecular flexibility index (Phi) is 8.44. The maximum atomic E-state index is 5.92. The molecule has 2 aromatic rings. The predicted molar refractivity (Wildman–Crippen MR) is 111 cm³/mol. The topological polar surface area (TPSA) is 48.9 Å². The number of ether oxygens (including phenoxy) is 1. The summed E-state index contributed by atoms with van der Waals surface area (Å²) in [6.45, 7) is 5.31. The van der Waals surface area contributed by atoms with E-state index in [2.05, 4.69) is 51.0 Å². The fourth-order valence-electron chi connectivity index (χ4n) is 2.45. The maximum absolute atomic E-state index is 5.92. The van der Waals surface area contributed by atoms with E-state index in [1.165, 1.54) is 4.88 Å². The molecule has 5 nitrogen and oxygen atoms in total. The second-order valence-electron chi connectivity index (χ2n) is 6.48. The van der Waals surface area contributed by atoms with E-state index in [1.807, 2.05) is 32.3 Å². The van der Waals surface area contributed by atoms with Crippen LogP contribution in [0, 0.1) is 0 Å². The van der Waals surface area contributed by atoms with E-state index in [0.29, 0.717) is 19.1 Å². The number of likely N-dealkylation sites (N-methyl/N-ethyl adjacent to an activating group) is 1. The van der Waals surface area contributed by atoms with Crippen molar-refractivity contribution in [2.75, 3.05) is 40.8 Å². The molecule has 1 aromatic heterocycles. The lowest BCUT2D eigenvalue weighted by Gasteiger charge is -2.17. The van der Waals surface area contributed by atoms with Gasteiger partial charge in [0.2, 0.25) is 0 Å². The molecule has 1 atom stereocenters. The Balaban J connectivity index is 1.84. The van der Waals surface area contributed by atoms with Gasteiger partial charge in [0.15, 0.2) is 5.96 Å². The van der Waals surface area contributed by atoms with Crippen molar-refractivity contribution in [2.45, 2.75) is 19.4 Å². The van der Waals surface area contributed by atoms with Gasteiger partial charge in [0.1, 0.15) is 12.4 Å². The number of guanidine groups is 1. The molecule has 2 N–H and O–H groups in total. The van der Waals surface area contributed by atoms with Crippen LogP contribution in [-0.2, 0) is 6.54 Å². The minimum absolute atomic E-state index is 0.454. The molecule has 26 heavy (non-hydrogen) atoms. The first-order valence-corrected chi connectivity index (χ1v) is 9.81. The number of nitrogens with one attached hydrogen (secondary N) is 2. The summed E-state index contributed by atoms with van der Waals surface area (Å²) in [5, 5.41) is 8.90. The number of benzene rings is 1. The first-order valence-electron chi connectivity index (χ1n) is 8.93. The highest BCUT2D eigenvalue weighted by Gasteiger charge is 2.08. The van der Waals surface area contributed by atoms with Crippen molar-refractivity contribution in [1.82, 2.24) is 15.5 Å². The van der Waals surface area contributed by atoms with Gasteiger partial charge in [-0.2, -0.15) is 0 Å². The van der Waals surface area contributed by atoms with Gasteiger partial charge in [0, 0.05) is 43.0 Å². The Labute approximate surface area is 161 Å². The molecule has 1 heterocycles. The van der Waals surface area contributed by atoms with Crippen molar-refractivity contribution >= 4 is 17.3 Å². The molecule has 0 radical (unpaired) electrons. The summed E-state index contributed by atoms with van der Waals surface area (Å²) < 4.78 is 5.92. The quantitative estimate of drug-likeness (QED) is 0.523. The van der Waals surface area contributed by atoms with Gasteiger partial charge in [-0.25, -0.2) is 0 Å². The zero-order valence-corrected chi connectivity index (χ0v) is 17.0. The number of nitrogens with zero attached hydrogens (tertiary/aromatic N) is 2. The van der Waals surface area contributed by atoms with Crippen LogP contribution in [0.25, 0.3) is 0 Å². The van der Waals surface area contributed by atoms with E-state index in [1.54, 1.807) is 18.4 Å². The van der Waals surface area contributed by atoms with Gasteiger partial charge >= 0.3 is 0 Å². The standard InChI is InChI=1S/C20H30N4OS/c1-16(19-10-7-13-26-19)14-22-20(21-2)23-15-17-8-5-6-9-18(17)25-12-11-24(3)4/h5-10,13,16H,11-12,14-15H2,1-4H3,(H2,21,22,23). The number of hydrogen-bond donors (Lipinski definition) is 2. The highest BCUT2D eigenvalue weighted by Crippen LogP contribution is 2.20. The Hall–Kier alpha value is -2.05. The molecular formula is C20H30N4OS. The number of rotatable bonds is 9. The number of thiophene rings is 1. The summed E-state index contributed by atoms with van der Waals surface area (Å²) in [5.74, 6) is 2.18. The lowest BCUT2D eigenvalue weighted by Crippen LogP contribution is -2.38. The molecule has 0 fully saturated rings. The molecule has 0 aliphatic carbocycles. The van der Waals surface area contributed by atoms with Crippen molar-refractivity contribution in [2.24, 2.45) is 4.99 Å². The molecular weight excluding hydrogens is 344 g/mol. The van der Waals surface area contributed by atoms with Crippen molar-refractivity contribution < 1.29 is 4.74 Å². The summed E-state index contributed by atoms with van der Waals surface area (Å²) in [7, 11) is 5.89. The summed E-state index contributed by atoms with van der Waals surface area (Å²) in [5.41, 5.74) is 1.13. The lowest BCUT2D eigenvalue weighted by atomic mass is 10.1. The van der Waals surface area contributed by atoms with E-state index < -0.39 is 0 Å². The third-order valence-corrected chi connectivity index (χ3v) is 5.15. The first-order chi connectivity index (χ1) is 12.6. The van der Waals surface area contributed by atoms with E-state index in [-0.39, 0.29) is 0 Å². The van der Waals surface area contributed by atoms with Crippen LogP contribution < -0.4 is 15.4 Å². The Morgan fingerprint density at radius 2 is 2.00 bits per heavy atom. The fraction of sp³-hybridized carbons (Fsp3) is 0.450. The van der Waals surface area contributed by atoms with Gasteiger partial charge in [-0.3, -0.25) is 4.99 Å². The van der Waals surface area contributed by atoms with Crippen molar-refractivity contribution in [3.8, 4) is 5.75 Å². The number of para-hydroxylation sites is 1. The highest BCUT2D eigenvalue weighted by molar-refractivity contribution is 7.10. The van der Waals surface area contributed by atoms with Gasteiger partial charge in [-0.05, 0) is 31.6 Å². The van der Waals surface area contributed by atoms with Gasteiger partial charge in [-0.1, -0.05) is 31.2 Å². The molecule has 0 aliphatic rings. The largest absolute Gasteiger partial charge is 0.492 e. The minimum Gasteiger partial charge on any atom is -0.492 e. The first kappa shape index (κ1) is 20.3. The van der Waals surface area contributed by atoms with Crippen LogP contribution in [0.3, 0.4) is 0 Å². The van der Waals surface area contributed by atoms with Crippen LogP contribution in [0.1, 0.15) is 23.3 Å². The Morgan fingerprint density at radius 3 is 2.69 bits per heavy atom. The summed E-state index contributed by atoms with van der Waals surface area (Å²) in [6, 6.07) is 12.4. The molecule has 2 rings (SSSR count). The van der Waals surface area contributed by atoms with Gasteiger partial charge in [-0.15, -0.1) is 11.3 Å². The van der Waals surface area contributed by atoms with E-state index in [9.17, 15) is 0 Å². The number of hydrogen-bond acceptors (Lipinski definition) is 4. The van der Waals surface area contributed by atoms with Crippen LogP contribution in [0.15, 0.2) is 46.8 Å². The molecule has 1 unspecified atom stereocenters. The second kappa shape index (κ2) is 10.8. The zero-order chi connectivity index (χ0) is 18.8. The van der Waals surface area contributed by atoms with Crippen LogP contribution in [0.5, 0.6) is 5.75 Å². The maximum Gasteiger partial charge on any atom is 0.191 e. The smallest absolute Gasteiger partial charge is 0.191 e. The Bertz CT molecular complexity index is 670. The van der Waals surface area contributed by atoms with Crippen molar-refractivity contribution in [3.63, 3.8) is 0 Å². The highest BCUT2D eigenvalue weighted by atomic mass is 32.1. The predicted octanol–water partition coefficient (Wildman–Crippen LogP) is 3.16. The molecule has 0 spiro atoms. The monoisotopic (exact) mass is 374 g/mol. The Morgan fingerprint density at radius 1 is 1.19 bits per heavy atom. The normalized spacial score (nSPS) is 12.9. The molecule has 0 bridgehead atoms. The molecule has 142 valence electrons. The van der Waals surface area contributed by atoms with Gasteiger partial charge in [0.05, 0.1) is 0 Å². The average molecular weight is 375 g/mol. The van der Waals surface area contributed by atoms with Crippen LogP contribution in [0.2, 0.25) is 0 Å². The SMILES string of the molecule is CN=C(NCc1ccccc1OCCN(C)C)NCC(C)c1cccs1. The molecule has 0 saturated carbocycles. The minimum atomic E-state index is 0.454. The van der Waals surface area contributed by atoms with Crippen molar-refractivity contribution in [3.05, 3.63) is 52.2 Å². The molecule has 1 aromatic carbocycles. The summed E-state index contributed by atoms with van der Waals surface area (Å²) in [6.07, 6.45) is 0. The van der Waals surface area contributed by atoms with Gasteiger partial charge < -0.3 is 20.3 Å². The summed E-state index contributed by atoms with van der Waals surface area (Å²) >= 11 is 1.79. The third-order valence-electron chi connectivity index (χ3n) is 4.04. The fourth-order valence-corrected chi connectivity index (χ4v) is 3.24.